The Morgan fingerprint density at radius 1 is 1.11 bits per heavy atom. The second-order valence-corrected chi connectivity index (χ2v) is 5.88. The van der Waals surface area contributed by atoms with E-state index >= 15 is 0 Å². The van der Waals surface area contributed by atoms with Gasteiger partial charge in [0.25, 0.3) is 11.5 Å². The number of aromatic nitrogens is 2. The summed E-state index contributed by atoms with van der Waals surface area (Å²) in [4.78, 5) is 36.9. The topological polar surface area (TPSA) is 90.3 Å². The molecule has 1 N–H and O–H groups in total. The van der Waals surface area contributed by atoms with Crippen LogP contribution in [0.3, 0.4) is 0 Å². The molecule has 7 heteroatoms. The minimum absolute atomic E-state index is 0.0236. The van der Waals surface area contributed by atoms with Gasteiger partial charge in [0, 0.05) is 5.39 Å². The maximum atomic E-state index is 12.6. The second kappa shape index (κ2) is 8.18. The van der Waals surface area contributed by atoms with Gasteiger partial charge in [-0.05, 0) is 18.2 Å². The van der Waals surface area contributed by atoms with Gasteiger partial charge in [0.05, 0.1) is 35.9 Å². The molecular formula is C21H17N3O4. The van der Waals surface area contributed by atoms with Crippen LogP contribution >= 0.6 is 0 Å². The van der Waals surface area contributed by atoms with Crippen molar-refractivity contribution in [2.75, 3.05) is 7.11 Å². The Hall–Kier alpha value is -3.92. The summed E-state index contributed by atoms with van der Waals surface area (Å²) in [6, 6.07) is 13.3. The third-order valence-electron chi connectivity index (χ3n) is 4.18. The fraction of sp³-hybridized carbons (Fsp3) is 0.143. The summed E-state index contributed by atoms with van der Waals surface area (Å²) in [5.74, 6) is 1.34. The van der Waals surface area contributed by atoms with E-state index in [1.54, 1.807) is 36.4 Å². The molecule has 0 unspecified atom stereocenters. The number of nitrogens with one attached hydrogen (secondary N) is 1. The first-order valence-electron chi connectivity index (χ1n) is 8.44. The highest BCUT2D eigenvalue weighted by atomic mass is 16.5. The number of terminal acetylenes is 1. The van der Waals surface area contributed by atoms with Crippen LogP contribution in [-0.4, -0.2) is 28.8 Å². The Morgan fingerprint density at radius 2 is 1.75 bits per heavy atom. The molecule has 0 bridgehead atoms. The summed E-state index contributed by atoms with van der Waals surface area (Å²) in [6.45, 7) is 0.0789. The molecule has 0 saturated carbocycles. The van der Waals surface area contributed by atoms with Gasteiger partial charge < -0.3 is 10.1 Å². The van der Waals surface area contributed by atoms with Crippen molar-refractivity contribution in [1.82, 2.24) is 15.1 Å². The summed E-state index contributed by atoms with van der Waals surface area (Å²) in [5, 5.41) is 8.12. The van der Waals surface area contributed by atoms with Crippen LogP contribution in [0.25, 0.3) is 10.8 Å². The van der Waals surface area contributed by atoms with Crippen molar-refractivity contribution in [2.24, 2.45) is 0 Å². The molecule has 0 radical (unpaired) electrons. The number of hydrogen-bond acceptors (Lipinski definition) is 5. The van der Waals surface area contributed by atoms with Crippen LogP contribution in [0.4, 0.5) is 0 Å². The van der Waals surface area contributed by atoms with E-state index in [1.807, 2.05) is 0 Å². The predicted octanol–water partition coefficient (Wildman–Crippen LogP) is 1.75. The van der Waals surface area contributed by atoms with Gasteiger partial charge >= 0.3 is 5.97 Å². The molecule has 3 rings (SSSR count). The van der Waals surface area contributed by atoms with Gasteiger partial charge in [-0.2, -0.15) is 5.10 Å². The molecule has 7 nitrogen and oxygen atoms in total. The van der Waals surface area contributed by atoms with E-state index in [-0.39, 0.29) is 29.8 Å². The molecule has 28 heavy (non-hydrogen) atoms. The number of nitrogens with zero attached hydrogens (tertiary/aromatic N) is 2. The van der Waals surface area contributed by atoms with Crippen LogP contribution in [0.15, 0.2) is 53.3 Å². The maximum Gasteiger partial charge on any atom is 0.338 e. The fourth-order valence-electron chi connectivity index (χ4n) is 2.86. The minimum Gasteiger partial charge on any atom is -0.465 e. The molecule has 1 heterocycles. The predicted molar refractivity (Wildman–Crippen MR) is 104 cm³/mol. The largest absolute Gasteiger partial charge is 0.465 e. The molecule has 140 valence electrons. The third kappa shape index (κ3) is 3.62. The minimum atomic E-state index is -0.600. The van der Waals surface area contributed by atoms with E-state index in [0.717, 1.165) is 0 Å². The molecule has 0 saturated heterocycles. The van der Waals surface area contributed by atoms with Gasteiger partial charge in [-0.3, -0.25) is 9.59 Å². The average Bonchev–Trinajstić information content (AvgIpc) is 2.74. The van der Waals surface area contributed by atoms with E-state index in [1.165, 1.54) is 23.9 Å². The van der Waals surface area contributed by atoms with Crippen LogP contribution in [0.2, 0.25) is 0 Å². The van der Waals surface area contributed by atoms with Crippen LogP contribution in [0, 0.1) is 12.3 Å². The summed E-state index contributed by atoms with van der Waals surface area (Å²) in [7, 11) is 1.25. The number of carbonyl (C=O) groups is 2. The van der Waals surface area contributed by atoms with Crippen molar-refractivity contribution in [1.29, 1.82) is 0 Å². The quantitative estimate of drug-likeness (QED) is 0.542. The zero-order chi connectivity index (χ0) is 20.1. The lowest BCUT2D eigenvalue weighted by molar-refractivity contribution is 0.0596. The fourth-order valence-corrected chi connectivity index (χ4v) is 2.86. The van der Waals surface area contributed by atoms with Crippen molar-refractivity contribution in [3.8, 4) is 12.3 Å². The van der Waals surface area contributed by atoms with Crippen molar-refractivity contribution >= 4 is 22.6 Å². The number of ether oxygens (including phenoxy) is 1. The highest BCUT2D eigenvalue weighted by Crippen LogP contribution is 2.14. The molecular weight excluding hydrogens is 358 g/mol. The number of hydrogen-bond donors (Lipinski definition) is 1. The molecule has 0 spiro atoms. The molecule has 0 aliphatic carbocycles. The average molecular weight is 375 g/mol. The van der Waals surface area contributed by atoms with Crippen molar-refractivity contribution < 1.29 is 14.3 Å². The molecule has 0 atom stereocenters. The van der Waals surface area contributed by atoms with Gasteiger partial charge in [0.15, 0.2) is 0 Å². The molecule has 0 fully saturated rings. The summed E-state index contributed by atoms with van der Waals surface area (Å²) < 4.78 is 5.90. The van der Waals surface area contributed by atoms with E-state index in [9.17, 15) is 14.4 Å². The van der Waals surface area contributed by atoms with E-state index < -0.39 is 11.9 Å². The number of carbonyl (C=O) groups excluding carboxylic acids is 2. The number of benzene rings is 2. The van der Waals surface area contributed by atoms with Crippen LogP contribution in [0.5, 0.6) is 0 Å². The van der Waals surface area contributed by atoms with Gasteiger partial charge in [-0.15, -0.1) is 6.42 Å². The Bertz CT molecular complexity index is 1160. The van der Waals surface area contributed by atoms with Crippen molar-refractivity contribution in [3.05, 3.63) is 75.7 Å². The number of methoxy groups -OCH3 is 1. The van der Waals surface area contributed by atoms with Crippen LogP contribution in [0.1, 0.15) is 26.4 Å². The highest BCUT2D eigenvalue weighted by molar-refractivity contribution is 6.05. The third-order valence-corrected chi connectivity index (χ3v) is 4.18. The number of fused-ring (bicyclic) bond motifs is 1. The summed E-state index contributed by atoms with van der Waals surface area (Å²) in [5.41, 5.74) is 0.558. The van der Waals surface area contributed by atoms with Crippen molar-refractivity contribution in [3.63, 3.8) is 0 Å². The first-order chi connectivity index (χ1) is 13.6. The lowest BCUT2D eigenvalue weighted by Gasteiger charge is -2.11. The van der Waals surface area contributed by atoms with E-state index in [4.69, 9.17) is 11.2 Å². The summed E-state index contributed by atoms with van der Waals surface area (Å²) >= 11 is 0. The van der Waals surface area contributed by atoms with E-state index in [2.05, 4.69) is 16.3 Å². The van der Waals surface area contributed by atoms with Crippen molar-refractivity contribution in [2.45, 2.75) is 13.1 Å². The first-order valence-corrected chi connectivity index (χ1v) is 8.44. The molecule has 1 amide bonds. The SMILES string of the molecule is C#CCn1nc(CNC(=O)c2ccccc2C(=O)OC)c2ccccc2c1=O. The smallest absolute Gasteiger partial charge is 0.338 e. The van der Waals surface area contributed by atoms with Gasteiger partial charge in [0.2, 0.25) is 0 Å². The Labute approximate surface area is 160 Å². The molecule has 0 aliphatic rings. The maximum absolute atomic E-state index is 12.6. The van der Waals surface area contributed by atoms with Gasteiger partial charge in [-0.1, -0.05) is 36.3 Å². The van der Waals surface area contributed by atoms with Gasteiger partial charge in [0.1, 0.15) is 6.54 Å². The highest BCUT2D eigenvalue weighted by Gasteiger charge is 2.18. The first kappa shape index (κ1) is 18.9. The molecule has 3 aromatic rings. The molecule has 2 aromatic carbocycles. The Kier molecular flexibility index (Phi) is 5.51. The summed E-state index contributed by atoms with van der Waals surface area (Å²) in [6.07, 6.45) is 5.32. The molecule has 0 aliphatic heterocycles. The lowest BCUT2D eigenvalue weighted by atomic mass is 10.1. The lowest BCUT2D eigenvalue weighted by Crippen LogP contribution is -2.29. The van der Waals surface area contributed by atoms with Crippen LogP contribution in [-0.2, 0) is 17.8 Å². The number of rotatable bonds is 5. The zero-order valence-electron chi connectivity index (χ0n) is 15.1. The number of amides is 1. The standard InChI is InChI=1S/C21H17N3O4/c1-3-12-24-20(26)16-10-6-4-8-14(16)18(23-24)13-22-19(25)15-9-5-7-11-17(15)21(27)28-2/h1,4-11H,12-13H2,2H3,(H,22,25). The van der Waals surface area contributed by atoms with Crippen LogP contribution < -0.4 is 10.9 Å². The Morgan fingerprint density at radius 3 is 2.43 bits per heavy atom. The number of esters is 1. The molecule has 1 aromatic heterocycles. The van der Waals surface area contributed by atoms with Gasteiger partial charge in [-0.25, -0.2) is 9.48 Å². The monoisotopic (exact) mass is 375 g/mol. The Balaban J connectivity index is 1.94. The van der Waals surface area contributed by atoms with E-state index in [0.29, 0.717) is 16.5 Å². The zero-order valence-corrected chi connectivity index (χ0v) is 15.1. The second-order valence-electron chi connectivity index (χ2n) is 5.88. The normalized spacial score (nSPS) is 10.3.